The van der Waals surface area contributed by atoms with Crippen LogP contribution in [0.15, 0.2) is 60.9 Å². The Labute approximate surface area is 171 Å². The molecule has 152 valence electrons. The monoisotopic (exact) mass is 393 g/mol. The molecule has 1 aromatic heterocycles. The summed E-state index contributed by atoms with van der Waals surface area (Å²) in [6, 6.07) is 15.9. The maximum absolute atomic E-state index is 12.2. The molecule has 0 fully saturated rings. The third kappa shape index (κ3) is 6.10. The number of anilines is 1. The minimum Gasteiger partial charge on any atom is -0.490 e. The van der Waals surface area contributed by atoms with E-state index in [2.05, 4.69) is 10.4 Å². The summed E-state index contributed by atoms with van der Waals surface area (Å²) in [4.78, 5) is 12.2. The van der Waals surface area contributed by atoms with Crippen LogP contribution in [-0.2, 0) is 17.8 Å². The van der Waals surface area contributed by atoms with Crippen molar-refractivity contribution < 1.29 is 14.3 Å². The van der Waals surface area contributed by atoms with Crippen molar-refractivity contribution in [2.24, 2.45) is 0 Å². The van der Waals surface area contributed by atoms with E-state index in [1.165, 1.54) is 0 Å². The number of aryl methyl sites for hydroxylation is 1. The van der Waals surface area contributed by atoms with Gasteiger partial charge in [-0.25, -0.2) is 0 Å². The molecule has 0 aliphatic carbocycles. The van der Waals surface area contributed by atoms with E-state index in [1.807, 2.05) is 68.6 Å². The highest BCUT2D eigenvalue weighted by atomic mass is 16.5. The van der Waals surface area contributed by atoms with Crippen LogP contribution in [0.2, 0.25) is 0 Å². The van der Waals surface area contributed by atoms with Gasteiger partial charge in [0.2, 0.25) is 5.91 Å². The predicted octanol–water partition coefficient (Wildman–Crippen LogP) is 4.30. The van der Waals surface area contributed by atoms with Gasteiger partial charge in [-0.2, -0.15) is 5.10 Å². The van der Waals surface area contributed by atoms with Crippen LogP contribution in [-0.4, -0.2) is 28.9 Å². The summed E-state index contributed by atoms with van der Waals surface area (Å²) in [5.41, 5.74) is 2.89. The molecule has 3 aromatic rings. The van der Waals surface area contributed by atoms with Crippen molar-refractivity contribution in [1.29, 1.82) is 0 Å². The number of hydrogen-bond acceptors (Lipinski definition) is 4. The van der Waals surface area contributed by atoms with Crippen molar-refractivity contribution in [3.05, 3.63) is 72.1 Å². The smallest absolute Gasteiger partial charge is 0.224 e. The zero-order valence-electron chi connectivity index (χ0n) is 16.9. The molecule has 1 amide bonds. The van der Waals surface area contributed by atoms with Crippen LogP contribution < -0.4 is 14.8 Å². The number of hydrogen-bond donors (Lipinski definition) is 1. The number of nitrogens with zero attached hydrogens (tertiary/aromatic N) is 2. The third-order valence-electron chi connectivity index (χ3n) is 4.35. The minimum atomic E-state index is -0.0203. The Balaban J connectivity index is 1.57. The Morgan fingerprint density at radius 3 is 2.52 bits per heavy atom. The highest BCUT2D eigenvalue weighted by Gasteiger charge is 2.09. The van der Waals surface area contributed by atoms with E-state index in [4.69, 9.17) is 9.47 Å². The SMILES string of the molecule is CCOc1ccc(Cn2cc(NC(=O)CCc3ccccc3)cn2)cc1OCC. The van der Waals surface area contributed by atoms with Crippen LogP contribution in [0, 0.1) is 0 Å². The zero-order valence-corrected chi connectivity index (χ0v) is 16.9. The van der Waals surface area contributed by atoms with Gasteiger partial charge in [-0.1, -0.05) is 36.4 Å². The third-order valence-corrected chi connectivity index (χ3v) is 4.35. The van der Waals surface area contributed by atoms with Crippen LogP contribution in [0.5, 0.6) is 11.5 Å². The molecule has 6 heteroatoms. The van der Waals surface area contributed by atoms with E-state index in [0.29, 0.717) is 38.3 Å². The lowest BCUT2D eigenvalue weighted by molar-refractivity contribution is -0.116. The molecule has 1 N–H and O–H groups in total. The van der Waals surface area contributed by atoms with Crippen LogP contribution in [0.4, 0.5) is 5.69 Å². The largest absolute Gasteiger partial charge is 0.490 e. The summed E-state index contributed by atoms with van der Waals surface area (Å²) in [6.07, 6.45) is 4.65. The van der Waals surface area contributed by atoms with Gasteiger partial charge in [-0.15, -0.1) is 0 Å². The molecule has 0 aliphatic heterocycles. The minimum absolute atomic E-state index is 0.0203. The second kappa shape index (κ2) is 10.3. The number of aromatic nitrogens is 2. The summed E-state index contributed by atoms with van der Waals surface area (Å²) < 4.78 is 13.1. The van der Waals surface area contributed by atoms with Crippen molar-refractivity contribution in [3.63, 3.8) is 0 Å². The Morgan fingerprint density at radius 1 is 1.00 bits per heavy atom. The lowest BCUT2D eigenvalue weighted by atomic mass is 10.1. The van der Waals surface area contributed by atoms with Crippen LogP contribution in [0.3, 0.4) is 0 Å². The average molecular weight is 393 g/mol. The predicted molar refractivity (Wildman–Crippen MR) is 114 cm³/mol. The van der Waals surface area contributed by atoms with Crippen molar-refractivity contribution in [3.8, 4) is 11.5 Å². The summed E-state index contributed by atoms with van der Waals surface area (Å²) in [6.45, 7) is 5.63. The molecule has 0 saturated carbocycles. The first kappa shape index (κ1) is 20.5. The summed E-state index contributed by atoms with van der Waals surface area (Å²) in [5.74, 6) is 1.45. The highest BCUT2D eigenvalue weighted by Crippen LogP contribution is 2.28. The van der Waals surface area contributed by atoms with Gasteiger partial charge < -0.3 is 14.8 Å². The molecule has 1 heterocycles. The van der Waals surface area contributed by atoms with Gasteiger partial charge in [0.15, 0.2) is 11.5 Å². The van der Waals surface area contributed by atoms with Gasteiger partial charge in [0.1, 0.15) is 0 Å². The van der Waals surface area contributed by atoms with Crippen LogP contribution in [0.1, 0.15) is 31.4 Å². The molecule has 0 bridgehead atoms. The van der Waals surface area contributed by atoms with Crippen molar-refractivity contribution in [2.45, 2.75) is 33.2 Å². The topological polar surface area (TPSA) is 65.4 Å². The van der Waals surface area contributed by atoms with E-state index < -0.39 is 0 Å². The summed E-state index contributed by atoms with van der Waals surface area (Å²) in [7, 11) is 0. The second-order valence-corrected chi connectivity index (χ2v) is 6.61. The summed E-state index contributed by atoms with van der Waals surface area (Å²) in [5, 5.41) is 7.26. The first-order valence-electron chi connectivity index (χ1n) is 9.92. The Hall–Kier alpha value is -3.28. The van der Waals surface area contributed by atoms with E-state index in [0.717, 1.165) is 22.6 Å². The molecule has 29 heavy (non-hydrogen) atoms. The standard InChI is InChI=1S/C23H27N3O3/c1-3-28-21-12-10-19(14-22(21)29-4-2)16-26-17-20(15-24-26)25-23(27)13-11-18-8-6-5-7-9-18/h5-10,12,14-15,17H,3-4,11,13,16H2,1-2H3,(H,25,27). The van der Waals surface area contributed by atoms with Crippen molar-refractivity contribution in [1.82, 2.24) is 9.78 Å². The number of carbonyl (C=O) groups is 1. The molecule has 0 unspecified atom stereocenters. The van der Waals surface area contributed by atoms with E-state index in [9.17, 15) is 4.79 Å². The fraction of sp³-hybridized carbons (Fsp3) is 0.304. The molecule has 2 aromatic carbocycles. The van der Waals surface area contributed by atoms with E-state index in [1.54, 1.807) is 10.9 Å². The molecule has 0 saturated heterocycles. The van der Waals surface area contributed by atoms with Gasteiger partial charge >= 0.3 is 0 Å². The summed E-state index contributed by atoms with van der Waals surface area (Å²) >= 11 is 0. The quantitative estimate of drug-likeness (QED) is 0.558. The number of benzene rings is 2. The van der Waals surface area contributed by atoms with E-state index in [-0.39, 0.29) is 5.91 Å². The van der Waals surface area contributed by atoms with Crippen LogP contribution in [0.25, 0.3) is 0 Å². The van der Waals surface area contributed by atoms with Gasteiger partial charge in [0, 0.05) is 12.6 Å². The molecule has 0 atom stereocenters. The van der Waals surface area contributed by atoms with Gasteiger partial charge in [0.05, 0.1) is 31.6 Å². The molecule has 6 nitrogen and oxygen atoms in total. The maximum atomic E-state index is 12.2. The van der Waals surface area contributed by atoms with Gasteiger partial charge in [-0.05, 0) is 43.5 Å². The zero-order chi connectivity index (χ0) is 20.5. The van der Waals surface area contributed by atoms with Gasteiger partial charge in [0.25, 0.3) is 0 Å². The van der Waals surface area contributed by atoms with Crippen molar-refractivity contribution in [2.75, 3.05) is 18.5 Å². The lowest BCUT2D eigenvalue weighted by Gasteiger charge is -2.12. The fourth-order valence-corrected chi connectivity index (χ4v) is 3.02. The number of nitrogens with one attached hydrogen (secondary N) is 1. The first-order chi connectivity index (χ1) is 14.2. The molecule has 0 spiro atoms. The molecule has 0 radical (unpaired) electrons. The number of ether oxygens (including phenoxy) is 2. The number of rotatable bonds is 10. The Bertz CT molecular complexity index is 922. The van der Waals surface area contributed by atoms with Crippen LogP contribution >= 0.6 is 0 Å². The molecule has 0 aliphatic rings. The Morgan fingerprint density at radius 2 is 1.76 bits per heavy atom. The number of amides is 1. The van der Waals surface area contributed by atoms with Gasteiger partial charge in [-0.3, -0.25) is 9.48 Å². The lowest BCUT2D eigenvalue weighted by Crippen LogP contribution is -2.11. The first-order valence-corrected chi connectivity index (χ1v) is 9.92. The molecule has 3 rings (SSSR count). The molecular weight excluding hydrogens is 366 g/mol. The molecular formula is C23H27N3O3. The maximum Gasteiger partial charge on any atom is 0.224 e. The van der Waals surface area contributed by atoms with Crippen molar-refractivity contribution >= 4 is 11.6 Å². The normalized spacial score (nSPS) is 10.6. The number of carbonyl (C=O) groups excluding carboxylic acids is 1. The Kier molecular flexibility index (Phi) is 7.28. The fourth-order valence-electron chi connectivity index (χ4n) is 3.02. The average Bonchev–Trinajstić information content (AvgIpc) is 3.16. The van der Waals surface area contributed by atoms with E-state index >= 15 is 0 Å². The highest BCUT2D eigenvalue weighted by molar-refractivity contribution is 5.90. The second-order valence-electron chi connectivity index (χ2n) is 6.61.